The zero-order chi connectivity index (χ0) is 4.24. The minimum Gasteiger partial charge on any atom is -0.267 e. The predicted octanol–water partition coefficient (Wildman–Crippen LogP) is -0.392. The van der Waals surface area contributed by atoms with Crippen LogP contribution < -0.4 is 11.0 Å². The highest BCUT2D eigenvalue weighted by Gasteiger charge is 1.74. The van der Waals surface area contributed by atoms with Crippen molar-refractivity contribution >= 4 is 6.21 Å². The Kier molecular flexibility index (Phi) is 0.774. The molecule has 3 heteroatoms. The van der Waals surface area contributed by atoms with Crippen molar-refractivity contribution in [1.82, 2.24) is 11.0 Å². The van der Waals surface area contributed by atoms with Gasteiger partial charge in [-0.1, -0.05) is 5.53 Å². The highest BCUT2D eigenvalue weighted by molar-refractivity contribution is 5.70. The Balaban J connectivity index is 2.46. The van der Waals surface area contributed by atoms with Gasteiger partial charge in [-0.3, -0.25) is 5.43 Å². The predicted molar refractivity (Wildman–Crippen MR) is 22.9 cm³/mol. The Morgan fingerprint density at radius 3 is 2.67 bits per heavy atom. The summed E-state index contributed by atoms with van der Waals surface area (Å²) in [6.45, 7) is 0. The molecule has 0 saturated carbocycles. The van der Waals surface area contributed by atoms with Crippen LogP contribution in [-0.2, 0) is 0 Å². The summed E-state index contributed by atoms with van der Waals surface area (Å²) in [7, 11) is 0. The molecule has 0 atom stereocenters. The van der Waals surface area contributed by atoms with Gasteiger partial charge in [-0.25, -0.2) is 0 Å². The summed E-state index contributed by atoms with van der Waals surface area (Å²) in [5.41, 5.74) is 5.94. The van der Waals surface area contributed by atoms with Crippen LogP contribution in [0.15, 0.2) is 17.4 Å². The monoisotopic (exact) mass is 82.0 g/mol. The molecule has 31 valence electrons. The van der Waals surface area contributed by atoms with E-state index in [0.717, 1.165) is 0 Å². The van der Waals surface area contributed by atoms with Crippen molar-refractivity contribution < 1.29 is 0 Å². The standard InChI is InChI=1S/C3H4N3/c1-2-4-6-5-3-1/h1-4H. The lowest BCUT2D eigenvalue weighted by Crippen LogP contribution is -2.14. The largest absolute Gasteiger partial charge is 0.267 e. The first-order chi connectivity index (χ1) is 3.00. The van der Waals surface area contributed by atoms with E-state index in [-0.39, 0.29) is 0 Å². The lowest BCUT2D eigenvalue weighted by molar-refractivity contribution is 0.647. The van der Waals surface area contributed by atoms with Crippen molar-refractivity contribution in [3.05, 3.63) is 12.3 Å². The Bertz CT molecular complexity index is 72.0. The molecule has 0 bridgehead atoms. The van der Waals surface area contributed by atoms with Gasteiger partial charge in [0.25, 0.3) is 0 Å². The highest BCUT2D eigenvalue weighted by Crippen LogP contribution is 1.67. The Morgan fingerprint density at radius 1 is 1.50 bits per heavy atom. The van der Waals surface area contributed by atoms with Crippen LogP contribution in [-0.4, -0.2) is 6.21 Å². The van der Waals surface area contributed by atoms with E-state index in [9.17, 15) is 0 Å². The van der Waals surface area contributed by atoms with Crippen molar-refractivity contribution in [2.75, 3.05) is 0 Å². The van der Waals surface area contributed by atoms with E-state index >= 15 is 0 Å². The average molecular weight is 82.1 g/mol. The summed E-state index contributed by atoms with van der Waals surface area (Å²) in [5, 5.41) is 3.48. The van der Waals surface area contributed by atoms with Gasteiger partial charge in [0.2, 0.25) is 0 Å². The molecule has 6 heavy (non-hydrogen) atoms. The Morgan fingerprint density at radius 2 is 2.50 bits per heavy atom. The fraction of sp³-hybridized carbons (Fsp3) is 0. The second-order valence-electron chi connectivity index (χ2n) is 0.853. The first kappa shape index (κ1) is 3.21. The van der Waals surface area contributed by atoms with Gasteiger partial charge >= 0.3 is 0 Å². The van der Waals surface area contributed by atoms with Gasteiger partial charge in [0, 0.05) is 6.20 Å². The molecule has 0 unspecified atom stereocenters. The SMILES string of the molecule is C1=CN[N]N=C1. The summed E-state index contributed by atoms with van der Waals surface area (Å²) in [5.74, 6) is 0. The van der Waals surface area contributed by atoms with Crippen LogP contribution in [0.3, 0.4) is 0 Å². The van der Waals surface area contributed by atoms with Crippen molar-refractivity contribution in [2.24, 2.45) is 5.10 Å². The number of hydrogen-bond acceptors (Lipinski definition) is 2. The van der Waals surface area contributed by atoms with Crippen molar-refractivity contribution in [3.8, 4) is 0 Å². The maximum absolute atomic E-state index is 3.48. The zero-order valence-electron chi connectivity index (χ0n) is 3.13. The molecule has 1 aliphatic heterocycles. The number of nitrogens with zero attached hydrogens (tertiary/aromatic N) is 2. The zero-order valence-corrected chi connectivity index (χ0v) is 3.13. The fourth-order valence-electron chi connectivity index (χ4n) is 0.225. The minimum atomic E-state index is 1.61. The van der Waals surface area contributed by atoms with Crippen LogP contribution in [0.2, 0.25) is 0 Å². The van der Waals surface area contributed by atoms with Crippen LogP contribution in [0.4, 0.5) is 0 Å². The van der Waals surface area contributed by atoms with Crippen LogP contribution >= 0.6 is 0 Å². The Hall–Kier alpha value is -0.990. The average Bonchev–Trinajstić information content (AvgIpc) is 1.72. The summed E-state index contributed by atoms with van der Waals surface area (Å²) in [6, 6.07) is 0. The normalized spacial score (nSPS) is 16.0. The van der Waals surface area contributed by atoms with Gasteiger partial charge in [0.05, 0.1) is 6.21 Å². The number of rotatable bonds is 0. The molecular formula is C3H4N3. The van der Waals surface area contributed by atoms with Gasteiger partial charge in [-0.15, -0.1) is 5.10 Å². The molecule has 0 aromatic carbocycles. The van der Waals surface area contributed by atoms with Crippen LogP contribution in [0.5, 0.6) is 0 Å². The molecule has 1 rings (SSSR count). The lowest BCUT2D eigenvalue weighted by Gasteiger charge is -1.92. The van der Waals surface area contributed by atoms with Crippen molar-refractivity contribution in [1.29, 1.82) is 0 Å². The van der Waals surface area contributed by atoms with E-state index in [4.69, 9.17) is 0 Å². The van der Waals surface area contributed by atoms with Crippen LogP contribution in [0, 0.1) is 0 Å². The molecule has 1 aliphatic rings. The van der Waals surface area contributed by atoms with Gasteiger partial charge in [-0.05, 0) is 6.08 Å². The lowest BCUT2D eigenvalue weighted by atomic mass is 10.7. The van der Waals surface area contributed by atoms with Gasteiger partial charge < -0.3 is 0 Å². The summed E-state index contributed by atoms with van der Waals surface area (Å²) in [4.78, 5) is 0. The van der Waals surface area contributed by atoms with Crippen molar-refractivity contribution in [3.63, 3.8) is 0 Å². The topological polar surface area (TPSA) is 38.5 Å². The van der Waals surface area contributed by atoms with Gasteiger partial charge in [0.1, 0.15) is 0 Å². The molecule has 0 saturated heterocycles. The third-order valence-electron chi connectivity index (χ3n) is 0.439. The molecular weight excluding hydrogens is 78.1 g/mol. The summed E-state index contributed by atoms with van der Waals surface area (Å²) < 4.78 is 0. The highest BCUT2D eigenvalue weighted by atomic mass is 15.5. The quantitative estimate of drug-likeness (QED) is 0.424. The molecule has 1 heterocycles. The van der Waals surface area contributed by atoms with E-state index in [2.05, 4.69) is 16.1 Å². The van der Waals surface area contributed by atoms with Crippen LogP contribution in [0.25, 0.3) is 0 Å². The third kappa shape index (κ3) is 0.484. The molecule has 1 N–H and O–H groups in total. The van der Waals surface area contributed by atoms with Crippen LogP contribution in [0.1, 0.15) is 0 Å². The third-order valence-corrected chi connectivity index (χ3v) is 0.439. The Labute approximate surface area is 35.7 Å². The molecule has 3 nitrogen and oxygen atoms in total. The molecule has 0 aliphatic carbocycles. The molecule has 0 amide bonds. The molecule has 0 spiro atoms. The van der Waals surface area contributed by atoms with Crippen molar-refractivity contribution in [2.45, 2.75) is 0 Å². The van der Waals surface area contributed by atoms with E-state index in [1.807, 2.05) is 0 Å². The first-order valence-corrected chi connectivity index (χ1v) is 1.64. The summed E-state index contributed by atoms with van der Waals surface area (Å²) >= 11 is 0. The second-order valence-corrected chi connectivity index (χ2v) is 0.853. The van der Waals surface area contributed by atoms with E-state index in [1.165, 1.54) is 0 Å². The smallest absolute Gasteiger partial charge is 0.0528 e. The molecule has 1 radical (unpaired) electrons. The molecule has 0 fully saturated rings. The number of nitrogens with one attached hydrogen (secondary N) is 1. The van der Waals surface area contributed by atoms with Gasteiger partial charge in [0.15, 0.2) is 0 Å². The van der Waals surface area contributed by atoms with E-state index in [0.29, 0.717) is 0 Å². The maximum Gasteiger partial charge on any atom is 0.0528 e. The maximum atomic E-state index is 3.48. The number of allylic oxidation sites excluding steroid dienone is 1. The van der Waals surface area contributed by atoms with E-state index < -0.39 is 0 Å². The molecule has 0 aromatic heterocycles. The second kappa shape index (κ2) is 1.45. The van der Waals surface area contributed by atoms with Gasteiger partial charge in [-0.2, -0.15) is 0 Å². The molecule has 0 aromatic rings. The fourth-order valence-corrected chi connectivity index (χ4v) is 0.225. The first-order valence-electron chi connectivity index (χ1n) is 1.64. The summed E-state index contributed by atoms with van der Waals surface area (Å²) in [6.07, 6.45) is 5.08. The van der Waals surface area contributed by atoms with E-state index in [1.54, 1.807) is 18.5 Å². The number of hydrogen-bond donors (Lipinski definition) is 1. The minimum absolute atomic E-state index is 1.61.